The van der Waals surface area contributed by atoms with Crippen LogP contribution in [0.2, 0.25) is 0 Å². The summed E-state index contributed by atoms with van der Waals surface area (Å²) in [7, 11) is 0. The molecule has 0 rings (SSSR count). The maximum absolute atomic E-state index is 9.84. The summed E-state index contributed by atoms with van der Waals surface area (Å²) >= 11 is 6.07. The summed E-state index contributed by atoms with van der Waals surface area (Å²) in [4.78, 5) is 0. The van der Waals surface area contributed by atoms with E-state index < -0.39 is 17.6 Å². The SMILES string of the molecule is C=CCCCCCC(Cl)C(O)C(O)C#CC#CCCC. The number of halogens is 1. The summed E-state index contributed by atoms with van der Waals surface area (Å²) in [6.07, 6.45) is 6.22. The van der Waals surface area contributed by atoms with Gasteiger partial charge in [0.15, 0.2) is 0 Å². The van der Waals surface area contributed by atoms with Crippen LogP contribution in [-0.4, -0.2) is 27.8 Å². The molecule has 3 unspecified atom stereocenters. The van der Waals surface area contributed by atoms with Gasteiger partial charge in [0.2, 0.25) is 0 Å². The van der Waals surface area contributed by atoms with Crippen LogP contribution in [0.15, 0.2) is 12.7 Å². The molecule has 0 spiro atoms. The lowest BCUT2D eigenvalue weighted by atomic mass is 10.0. The lowest BCUT2D eigenvalue weighted by molar-refractivity contribution is 0.0497. The smallest absolute Gasteiger partial charge is 0.142 e. The Morgan fingerprint density at radius 3 is 2.60 bits per heavy atom. The van der Waals surface area contributed by atoms with Crippen LogP contribution in [0.25, 0.3) is 0 Å². The van der Waals surface area contributed by atoms with Gasteiger partial charge in [-0.3, -0.25) is 0 Å². The maximum atomic E-state index is 9.84. The topological polar surface area (TPSA) is 40.5 Å². The molecule has 0 heterocycles. The molecule has 3 atom stereocenters. The molecular weight excluding hydrogens is 272 g/mol. The van der Waals surface area contributed by atoms with Gasteiger partial charge in [-0.15, -0.1) is 18.2 Å². The first-order valence-corrected chi connectivity index (χ1v) is 7.66. The van der Waals surface area contributed by atoms with Crippen LogP contribution >= 0.6 is 11.6 Å². The average molecular weight is 297 g/mol. The molecule has 0 aromatic heterocycles. The number of allylic oxidation sites excluding steroid dienone is 1. The first-order valence-electron chi connectivity index (χ1n) is 7.23. The standard InChI is InChI=1S/C17H25ClO2/c1-3-5-7-9-11-13-15(18)17(20)16(19)14-12-10-8-6-4-2/h3,15-17,19-20H,1,4-7,9,11,13H2,2H3. The second kappa shape index (κ2) is 13.1. The van der Waals surface area contributed by atoms with Crippen LogP contribution in [0.1, 0.15) is 51.9 Å². The van der Waals surface area contributed by atoms with E-state index in [9.17, 15) is 10.2 Å². The number of hydrogen-bond donors (Lipinski definition) is 2. The van der Waals surface area contributed by atoms with Crippen LogP contribution in [0.5, 0.6) is 0 Å². The van der Waals surface area contributed by atoms with Crippen molar-refractivity contribution < 1.29 is 10.2 Å². The zero-order chi connectivity index (χ0) is 15.2. The van der Waals surface area contributed by atoms with Gasteiger partial charge in [-0.1, -0.05) is 37.7 Å². The molecular formula is C17H25ClO2. The van der Waals surface area contributed by atoms with E-state index in [4.69, 9.17) is 11.6 Å². The molecule has 0 saturated carbocycles. The summed E-state index contributed by atoms with van der Waals surface area (Å²) in [5.74, 6) is 10.6. The van der Waals surface area contributed by atoms with Crippen molar-refractivity contribution in [3.63, 3.8) is 0 Å². The first-order chi connectivity index (χ1) is 9.63. The van der Waals surface area contributed by atoms with Crippen molar-refractivity contribution >= 4 is 11.6 Å². The quantitative estimate of drug-likeness (QED) is 0.297. The number of alkyl halides is 1. The minimum atomic E-state index is -1.14. The third kappa shape index (κ3) is 9.93. The fourth-order valence-corrected chi connectivity index (χ4v) is 1.89. The Morgan fingerprint density at radius 1 is 1.20 bits per heavy atom. The van der Waals surface area contributed by atoms with Crippen molar-refractivity contribution in [2.24, 2.45) is 0 Å². The maximum Gasteiger partial charge on any atom is 0.142 e. The van der Waals surface area contributed by atoms with Crippen molar-refractivity contribution in [2.75, 3.05) is 0 Å². The fraction of sp³-hybridized carbons (Fsp3) is 0.647. The number of aliphatic hydroxyl groups excluding tert-OH is 2. The van der Waals surface area contributed by atoms with E-state index >= 15 is 0 Å². The highest BCUT2D eigenvalue weighted by Crippen LogP contribution is 2.16. The summed E-state index contributed by atoms with van der Waals surface area (Å²) in [6, 6.07) is 0. The van der Waals surface area contributed by atoms with E-state index in [1.165, 1.54) is 0 Å². The van der Waals surface area contributed by atoms with E-state index in [1.807, 2.05) is 13.0 Å². The minimum absolute atomic E-state index is 0.480. The second-order valence-electron chi connectivity index (χ2n) is 4.70. The average Bonchev–Trinajstić information content (AvgIpc) is 2.45. The largest absolute Gasteiger partial charge is 0.388 e. The molecule has 0 saturated heterocycles. The molecule has 0 fully saturated rings. The molecule has 20 heavy (non-hydrogen) atoms. The summed E-state index contributed by atoms with van der Waals surface area (Å²) in [5, 5.41) is 19.1. The highest BCUT2D eigenvalue weighted by atomic mass is 35.5. The molecule has 3 heteroatoms. The van der Waals surface area contributed by atoms with E-state index in [-0.39, 0.29) is 0 Å². The molecule has 0 aromatic rings. The minimum Gasteiger partial charge on any atom is -0.388 e. The molecule has 2 N–H and O–H groups in total. The zero-order valence-electron chi connectivity index (χ0n) is 12.2. The fourth-order valence-electron chi connectivity index (χ4n) is 1.60. The summed E-state index contributed by atoms with van der Waals surface area (Å²) < 4.78 is 0. The van der Waals surface area contributed by atoms with E-state index in [0.29, 0.717) is 6.42 Å². The Hall–Kier alpha value is -0.930. The Balaban J connectivity index is 4.00. The lowest BCUT2D eigenvalue weighted by Crippen LogP contribution is -2.33. The van der Waals surface area contributed by atoms with E-state index in [1.54, 1.807) is 0 Å². The van der Waals surface area contributed by atoms with Gasteiger partial charge in [-0.25, -0.2) is 0 Å². The van der Waals surface area contributed by atoms with Crippen molar-refractivity contribution in [2.45, 2.75) is 69.5 Å². The Kier molecular flexibility index (Phi) is 12.5. The summed E-state index contributed by atoms with van der Waals surface area (Å²) in [5.41, 5.74) is 0. The Bertz CT molecular complexity index is 370. The molecule has 2 nitrogen and oxygen atoms in total. The first kappa shape index (κ1) is 19.1. The predicted octanol–water partition coefficient (Wildman–Crippen LogP) is 3.26. The molecule has 0 amide bonds. The number of hydrogen-bond acceptors (Lipinski definition) is 2. The third-order valence-corrected chi connectivity index (χ3v) is 3.30. The normalized spacial score (nSPS) is 14.2. The molecule has 112 valence electrons. The molecule has 0 aromatic carbocycles. The monoisotopic (exact) mass is 296 g/mol. The van der Waals surface area contributed by atoms with Gasteiger partial charge in [0.05, 0.1) is 5.38 Å². The van der Waals surface area contributed by atoms with Crippen molar-refractivity contribution in [3.8, 4) is 23.7 Å². The highest BCUT2D eigenvalue weighted by molar-refractivity contribution is 6.21. The molecule has 0 aliphatic carbocycles. The molecule has 0 aliphatic heterocycles. The molecule has 0 radical (unpaired) electrons. The third-order valence-electron chi connectivity index (χ3n) is 2.83. The van der Waals surface area contributed by atoms with E-state index in [0.717, 1.165) is 38.5 Å². The number of unbranched alkanes of at least 4 members (excludes halogenated alkanes) is 4. The zero-order valence-corrected chi connectivity index (χ0v) is 13.0. The van der Waals surface area contributed by atoms with Gasteiger partial charge in [-0.05, 0) is 37.5 Å². The van der Waals surface area contributed by atoms with Crippen LogP contribution in [0, 0.1) is 23.7 Å². The van der Waals surface area contributed by atoms with Gasteiger partial charge < -0.3 is 10.2 Å². The number of aliphatic hydroxyl groups is 2. The van der Waals surface area contributed by atoms with Crippen LogP contribution in [0.3, 0.4) is 0 Å². The highest BCUT2D eigenvalue weighted by Gasteiger charge is 2.22. The predicted molar refractivity (Wildman–Crippen MR) is 85.4 cm³/mol. The Morgan fingerprint density at radius 2 is 1.95 bits per heavy atom. The van der Waals surface area contributed by atoms with Crippen LogP contribution < -0.4 is 0 Å². The van der Waals surface area contributed by atoms with Crippen molar-refractivity contribution in [3.05, 3.63) is 12.7 Å². The van der Waals surface area contributed by atoms with Crippen molar-refractivity contribution in [1.29, 1.82) is 0 Å². The van der Waals surface area contributed by atoms with Gasteiger partial charge >= 0.3 is 0 Å². The van der Waals surface area contributed by atoms with E-state index in [2.05, 4.69) is 30.3 Å². The van der Waals surface area contributed by atoms with Crippen molar-refractivity contribution in [1.82, 2.24) is 0 Å². The second-order valence-corrected chi connectivity index (χ2v) is 5.26. The van der Waals surface area contributed by atoms with Crippen LogP contribution in [-0.2, 0) is 0 Å². The molecule has 0 aliphatic rings. The lowest BCUT2D eigenvalue weighted by Gasteiger charge is -2.18. The molecule has 0 bridgehead atoms. The van der Waals surface area contributed by atoms with Gasteiger partial charge in [0.1, 0.15) is 12.2 Å². The van der Waals surface area contributed by atoms with Gasteiger partial charge in [0.25, 0.3) is 0 Å². The summed E-state index contributed by atoms with van der Waals surface area (Å²) in [6.45, 7) is 5.70. The van der Waals surface area contributed by atoms with Crippen LogP contribution in [0.4, 0.5) is 0 Å². The number of rotatable bonds is 9. The Labute approximate surface area is 128 Å². The van der Waals surface area contributed by atoms with Gasteiger partial charge in [-0.2, -0.15) is 0 Å². The van der Waals surface area contributed by atoms with Gasteiger partial charge in [0, 0.05) is 6.42 Å².